The van der Waals surface area contributed by atoms with Gasteiger partial charge in [-0.3, -0.25) is 9.69 Å². The molecule has 1 saturated heterocycles. The number of hydrogen-bond acceptors (Lipinski definition) is 4. The van der Waals surface area contributed by atoms with E-state index in [1.54, 1.807) is 7.11 Å². The van der Waals surface area contributed by atoms with Gasteiger partial charge in [-0.05, 0) is 6.07 Å². The fraction of sp³-hybridized carbons (Fsp3) is 0.538. The minimum absolute atomic E-state index is 0.148. The largest absolute Gasteiger partial charge is 0.481 e. The number of Topliss-reactive ketones (excluding diaryl/α,β-unsaturated/α-hetero) is 1. The number of aromatic nitrogens is 1. The fourth-order valence-corrected chi connectivity index (χ4v) is 2.13. The minimum atomic E-state index is 0.148. The van der Waals surface area contributed by atoms with E-state index in [0.717, 1.165) is 25.3 Å². The van der Waals surface area contributed by atoms with Gasteiger partial charge in [0.1, 0.15) is 5.78 Å². The Kier molecular flexibility index (Phi) is 3.74. The first-order chi connectivity index (χ1) is 8.19. The van der Waals surface area contributed by atoms with E-state index in [4.69, 9.17) is 4.74 Å². The molecule has 1 atom stereocenters. The van der Waals surface area contributed by atoms with E-state index in [1.807, 2.05) is 25.1 Å². The van der Waals surface area contributed by atoms with Crippen molar-refractivity contribution in [1.29, 1.82) is 0 Å². The second kappa shape index (κ2) is 5.27. The van der Waals surface area contributed by atoms with E-state index in [2.05, 4.69) is 9.88 Å². The molecule has 0 aliphatic carbocycles. The van der Waals surface area contributed by atoms with Crippen LogP contribution in [0, 0.1) is 5.92 Å². The van der Waals surface area contributed by atoms with Crippen molar-refractivity contribution in [3.63, 3.8) is 0 Å². The average Bonchev–Trinajstić information content (AvgIpc) is 2.34. The van der Waals surface area contributed by atoms with Gasteiger partial charge >= 0.3 is 0 Å². The Morgan fingerprint density at radius 2 is 2.35 bits per heavy atom. The molecule has 4 heteroatoms. The molecule has 1 aliphatic heterocycles. The van der Waals surface area contributed by atoms with Gasteiger partial charge in [-0.2, -0.15) is 0 Å². The first-order valence-electron chi connectivity index (χ1n) is 5.94. The number of ketones is 1. The van der Waals surface area contributed by atoms with Gasteiger partial charge in [-0.25, -0.2) is 4.98 Å². The number of nitrogens with zero attached hydrogens (tertiary/aromatic N) is 2. The van der Waals surface area contributed by atoms with Crippen LogP contribution in [-0.2, 0) is 11.3 Å². The fourth-order valence-electron chi connectivity index (χ4n) is 2.13. The monoisotopic (exact) mass is 234 g/mol. The van der Waals surface area contributed by atoms with Gasteiger partial charge in [-0.1, -0.05) is 13.0 Å². The van der Waals surface area contributed by atoms with Crippen LogP contribution in [0.15, 0.2) is 18.2 Å². The molecule has 0 bridgehead atoms. The standard InChI is InChI=1S/C13H18N2O2/c1-10-8-15(7-6-12(10)16)9-11-4-3-5-13(14-11)17-2/h3-5,10H,6-9H2,1-2H3. The van der Waals surface area contributed by atoms with E-state index in [9.17, 15) is 4.79 Å². The normalized spacial score (nSPS) is 21.5. The average molecular weight is 234 g/mol. The Balaban J connectivity index is 1.98. The lowest BCUT2D eigenvalue weighted by atomic mass is 9.98. The zero-order valence-electron chi connectivity index (χ0n) is 10.3. The zero-order chi connectivity index (χ0) is 12.3. The smallest absolute Gasteiger partial charge is 0.213 e. The molecule has 0 N–H and O–H groups in total. The molecule has 0 saturated carbocycles. The van der Waals surface area contributed by atoms with Gasteiger partial charge in [0.05, 0.1) is 12.8 Å². The van der Waals surface area contributed by atoms with Crippen molar-refractivity contribution in [2.24, 2.45) is 5.92 Å². The highest BCUT2D eigenvalue weighted by Crippen LogP contribution is 2.15. The first-order valence-corrected chi connectivity index (χ1v) is 5.94. The van der Waals surface area contributed by atoms with Gasteiger partial charge in [0.15, 0.2) is 0 Å². The predicted octanol–water partition coefficient (Wildman–Crippen LogP) is 1.50. The summed E-state index contributed by atoms with van der Waals surface area (Å²) in [6, 6.07) is 5.77. The molecular formula is C13H18N2O2. The van der Waals surface area contributed by atoms with Crippen molar-refractivity contribution in [3.8, 4) is 5.88 Å². The van der Waals surface area contributed by atoms with Crippen molar-refractivity contribution in [1.82, 2.24) is 9.88 Å². The third-order valence-electron chi connectivity index (χ3n) is 3.13. The molecule has 1 fully saturated rings. The number of carbonyl (C=O) groups is 1. The number of rotatable bonds is 3. The lowest BCUT2D eigenvalue weighted by Gasteiger charge is -2.29. The summed E-state index contributed by atoms with van der Waals surface area (Å²) in [5, 5.41) is 0. The maximum Gasteiger partial charge on any atom is 0.213 e. The van der Waals surface area contributed by atoms with E-state index < -0.39 is 0 Å². The number of hydrogen-bond donors (Lipinski definition) is 0. The van der Waals surface area contributed by atoms with E-state index in [-0.39, 0.29) is 5.92 Å². The van der Waals surface area contributed by atoms with Crippen LogP contribution in [0.4, 0.5) is 0 Å². The molecule has 92 valence electrons. The molecule has 17 heavy (non-hydrogen) atoms. The van der Waals surface area contributed by atoms with Gasteiger partial charge < -0.3 is 4.74 Å². The maximum absolute atomic E-state index is 11.4. The number of carbonyl (C=O) groups excluding carboxylic acids is 1. The molecule has 4 nitrogen and oxygen atoms in total. The zero-order valence-corrected chi connectivity index (χ0v) is 10.3. The lowest BCUT2D eigenvalue weighted by Crippen LogP contribution is -2.39. The number of ether oxygens (including phenoxy) is 1. The second-order valence-corrected chi connectivity index (χ2v) is 4.52. The van der Waals surface area contributed by atoms with E-state index in [0.29, 0.717) is 18.1 Å². The lowest BCUT2D eigenvalue weighted by molar-refractivity contribution is -0.125. The summed E-state index contributed by atoms with van der Waals surface area (Å²) in [5.74, 6) is 1.16. The summed E-state index contributed by atoms with van der Waals surface area (Å²) in [6.07, 6.45) is 0.658. The summed E-state index contributed by atoms with van der Waals surface area (Å²) in [5.41, 5.74) is 0.992. The van der Waals surface area contributed by atoms with Crippen LogP contribution in [0.1, 0.15) is 19.0 Å². The molecule has 2 rings (SSSR count). The summed E-state index contributed by atoms with van der Waals surface area (Å²) in [4.78, 5) is 18.1. The summed E-state index contributed by atoms with van der Waals surface area (Å²) in [7, 11) is 1.62. The van der Waals surface area contributed by atoms with Crippen LogP contribution in [-0.4, -0.2) is 35.9 Å². The third kappa shape index (κ3) is 3.03. The van der Waals surface area contributed by atoms with Crippen LogP contribution in [0.5, 0.6) is 5.88 Å². The molecule has 0 aromatic carbocycles. The van der Waals surface area contributed by atoms with Crippen molar-refractivity contribution in [2.45, 2.75) is 19.9 Å². The number of piperidine rings is 1. The molecule has 2 heterocycles. The highest BCUT2D eigenvalue weighted by molar-refractivity contribution is 5.81. The van der Waals surface area contributed by atoms with Gasteiger partial charge in [-0.15, -0.1) is 0 Å². The molecule has 0 amide bonds. The van der Waals surface area contributed by atoms with Gasteiger partial charge in [0.25, 0.3) is 0 Å². The van der Waals surface area contributed by atoms with Gasteiger partial charge in [0, 0.05) is 38.0 Å². The van der Waals surface area contributed by atoms with E-state index >= 15 is 0 Å². The Morgan fingerprint density at radius 1 is 1.53 bits per heavy atom. The van der Waals surface area contributed by atoms with Crippen LogP contribution in [0.3, 0.4) is 0 Å². The van der Waals surface area contributed by atoms with Crippen LogP contribution in [0.25, 0.3) is 0 Å². The predicted molar refractivity (Wildman–Crippen MR) is 64.9 cm³/mol. The van der Waals surface area contributed by atoms with E-state index in [1.165, 1.54) is 0 Å². The number of methoxy groups -OCH3 is 1. The van der Waals surface area contributed by atoms with Crippen LogP contribution in [0.2, 0.25) is 0 Å². The Morgan fingerprint density at radius 3 is 3.06 bits per heavy atom. The topological polar surface area (TPSA) is 42.4 Å². The molecule has 1 aromatic heterocycles. The highest BCUT2D eigenvalue weighted by atomic mass is 16.5. The Bertz CT molecular complexity index is 406. The van der Waals surface area contributed by atoms with Crippen molar-refractivity contribution < 1.29 is 9.53 Å². The van der Waals surface area contributed by atoms with Crippen LogP contribution < -0.4 is 4.74 Å². The molecule has 1 aliphatic rings. The summed E-state index contributed by atoms with van der Waals surface area (Å²) >= 11 is 0. The minimum Gasteiger partial charge on any atom is -0.481 e. The summed E-state index contributed by atoms with van der Waals surface area (Å²) < 4.78 is 5.10. The maximum atomic E-state index is 11.4. The quantitative estimate of drug-likeness (QED) is 0.795. The van der Waals surface area contributed by atoms with Gasteiger partial charge in [0.2, 0.25) is 5.88 Å². The molecule has 0 spiro atoms. The SMILES string of the molecule is COc1cccc(CN2CCC(=O)C(C)C2)n1. The Labute approximate surface area is 102 Å². The number of likely N-dealkylation sites (tertiary alicyclic amines) is 1. The van der Waals surface area contributed by atoms with Crippen LogP contribution >= 0.6 is 0 Å². The Hall–Kier alpha value is -1.42. The highest BCUT2D eigenvalue weighted by Gasteiger charge is 2.23. The molecule has 1 aromatic rings. The van der Waals surface area contributed by atoms with Crippen molar-refractivity contribution in [3.05, 3.63) is 23.9 Å². The summed E-state index contributed by atoms with van der Waals surface area (Å²) in [6.45, 7) is 4.45. The molecule has 1 unspecified atom stereocenters. The number of pyridine rings is 1. The third-order valence-corrected chi connectivity index (χ3v) is 3.13. The second-order valence-electron chi connectivity index (χ2n) is 4.52. The van der Waals surface area contributed by atoms with Crippen molar-refractivity contribution in [2.75, 3.05) is 20.2 Å². The van der Waals surface area contributed by atoms with Crippen molar-refractivity contribution >= 4 is 5.78 Å². The molecule has 0 radical (unpaired) electrons. The first kappa shape index (κ1) is 12.0. The molecular weight excluding hydrogens is 216 g/mol.